The van der Waals surface area contributed by atoms with Gasteiger partial charge in [0.1, 0.15) is 5.01 Å². The van der Waals surface area contributed by atoms with Crippen molar-refractivity contribution < 1.29 is 5.11 Å². The first kappa shape index (κ1) is 13.2. The van der Waals surface area contributed by atoms with Gasteiger partial charge in [-0.05, 0) is 19.4 Å². The highest BCUT2D eigenvalue weighted by atomic mass is 32.1. The van der Waals surface area contributed by atoms with Crippen LogP contribution in [-0.2, 0) is 0 Å². The van der Waals surface area contributed by atoms with Gasteiger partial charge in [0.2, 0.25) is 0 Å². The van der Waals surface area contributed by atoms with Crippen LogP contribution in [0.2, 0.25) is 0 Å². The molecule has 2 unspecified atom stereocenters. The monoisotopic (exact) mass is 262 g/mol. The van der Waals surface area contributed by atoms with Crippen LogP contribution in [-0.4, -0.2) is 16.6 Å². The van der Waals surface area contributed by atoms with Crippen molar-refractivity contribution in [3.63, 3.8) is 0 Å². The standard InChI is InChI=1S/C14H18N2OS/c1-10-9-18-14(16-10)11(2)15-8-13(17)12-6-4-3-5-7-12/h3-7,9,11,13,15,17H,8H2,1-2H3. The highest BCUT2D eigenvalue weighted by molar-refractivity contribution is 7.09. The average Bonchev–Trinajstić information content (AvgIpc) is 2.83. The second kappa shape index (κ2) is 6.09. The van der Waals surface area contributed by atoms with Gasteiger partial charge in [-0.25, -0.2) is 4.98 Å². The van der Waals surface area contributed by atoms with Crippen molar-refractivity contribution in [1.29, 1.82) is 0 Å². The Labute approximate surface area is 112 Å². The third-order valence-corrected chi connectivity index (χ3v) is 3.95. The molecule has 1 aromatic carbocycles. The van der Waals surface area contributed by atoms with Gasteiger partial charge < -0.3 is 10.4 Å². The predicted octanol–water partition coefficient (Wildman–Crippen LogP) is 2.84. The summed E-state index contributed by atoms with van der Waals surface area (Å²) < 4.78 is 0. The van der Waals surface area contributed by atoms with Gasteiger partial charge in [0.05, 0.1) is 12.1 Å². The van der Waals surface area contributed by atoms with E-state index in [9.17, 15) is 5.11 Å². The number of aliphatic hydroxyl groups excluding tert-OH is 1. The molecular formula is C14H18N2OS. The fraction of sp³-hybridized carbons (Fsp3) is 0.357. The van der Waals surface area contributed by atoms with E-state index in [1.54, 1.807) is 11.3 Å². The molecule has 4 heteroatoms. The fourth-order valence-corrected chi connectivity index (χ4v) is 2.57. The van der Waals surface area contributed by atoms with Crippen molar-refractivity contribution in [2.75, 3.05) is 6.54 Å². The summed E-state index contributed by atoms with van der Waals surface area (Å²) in [5, 5.41) is 16.5. The highest BCUT2D eigenvalue weighted by Gasteiger charge is 2.12. The lowest BCUT2D eigenvalue weighted by molar-refractivity contribution is 0.171. The van der Waals surface area contributed by atoms with E-state index in [2.05, 4.69) is 17.2 Å². The van der Waals surface area contributed by atoms with Crippen molar-refractivity contribution in [3.8, 4) is 0 Å². The molecule has 0 saturated heterocycles. The molecule has 0 aliphatic rings. The first-order valence-corrected chi connectivity index (χ1v) is 6.93. The molecule has 0 amide bonds. The quantitative estimate of drug-likeness (QED) is 0.871. The van der Waals surface area contributed by atoms with E-state index in [1.165, 1.54) is 0 Å². The summed E-state index contributed by atoms with van der Waals surface area (Å²) >= 11 is 1.65. The summed E-state index contributed by atoms with van der Waals surface area (Å²) in [7, 11) is 0. The van der Waals surface area contributed by atoms with Crippen molar-refractivity contribution in [2.24, 2.45) is 0 Å². The largest absolute Gasteiger partial charge is 0.387 e. The maximum Gasteiger partial charge on any atom is 0.110 e. The van der Waals surface area contributed by atoms with Crippen LogP contribution in [0.3, 0.4) is 0 Å². The number of hydrogen-bond donors (Lipinski definition) is 2. The molecule has 3 nitrogen and oxygen atoms in total. The minimum atomic E-state index is -0.477. The summed E-state index contributed by atoms with van der Waals surface area (Å²) in [6.45, 7) is 4.59. The van der Waals surface area contributed by atoms with E-state index >= 15 is 0 Å². The van der Waals surface area contributed by atoms with E-state index in [0.29, 0.717) is 6.54 Å². The van der Waals surface area contributed by atoms with Crippen LogP contribution in [0.4, 0.5) is 0 Å². The zero-order valence-corrected chi connectivity index (χ0v) is 11.4. The van der Waals surface area contributed by atoms with Gasteiger partial charge in [-0.3, -0.25) is 0 Å². The number of benzene rings is 1. The summed E-state index contributed by atoms with van der Waals surface area (Å²) in [5.41, 5.74) is 1.99. The summed E-state index contributed by atoms with van der Waals surface area (Å²) in [4.78, 5) is 4.44. The minimum Gasteiger partial charge on any atom is -0.387 e. The van der Waals surface area contributed by atoms with Gasteiger partial charge in [0.25, 0.3) is 0 Å². The Morgan fingerprint density at radius 2 is 2.06 bits per heavy atom. The van der Waals surface area contributed by atoms with Crippen molar-refractivity contribution in [1.82, 2.24) is 10.3 Å². The van der Waals surface area contributed by atoms with Gasteiger partial charge in [-0.2, -0.15) is 0 Å². The first-order chi connectivity index (χ1) is 8.66. The van der Waals surface area contributed by atoms with Gasteiger partial charge in [0.15, 0.2) is 0 Å². The number of thiazole rings is 1. The highest BCUT2D eigenvalue weighted by Crippen LogP contribution is 2.18. The van der Waals surface area contributed by atoms with Crippen LogP contribution in [0, 0.1) is 6.92 Å². The van der Waals surface area contributed by atoms with E-state index < -0.39 is 6.10 Å². The molecule has 96 valence electrons. The van der Waals surface area contributed by atoms with Gasteiger partial charge in [0, 0.05) is 17.6 Å². The number of aromatic nitrogens is 1. The second-order valence-electron chi connectivity index (χ2n) is 4.38. The van der Waals surface area contributed by atoms with Gasteiger partial charge in [-0.15, -0.1) is 11.3 Å². The molecule has 0 radical (unpaired) electrons. The van der Waals surface area contributed by atoms with Crippen LogP contribution in [0.15, 0.2) is 35.7 Å². The minimum absolute atomic E-state index is 0.169. The van der Waals surface area contributed by atoms with Crippen molar-refractivity contribution in [2.45, 2.75) is 26.0 Å². The Kier molecular flexibility index (Phi) is 4.47. The molecule has 0 fully saturated rings. The normalized spacial score (nSPS) is 14.4. The molecular weight excluding hydrogens is 244 g/mol. The number of hydrogen-bond acceptors (Lipinski definition) is 4. The number of nitrogens with one attached hydrogen (secondary N) is 1. The Bertz CT molecular complexity index is 484. The molecule has 18 heavy (non-hydrogen) atoms. The fourth-order valence-electron chi connectivity index (χ4n) is 1.74. The van der Waals surface area contributed by atoms with Crippen LogP contribution < -0.4 is 5.32 Å². The Morgan fingerprint density at radius 3 is 2.67 bits per heavy atom. The van der Waals surface area contributed by atoms with Gasteiger partial charge in [-0.1, -0.05) is 30.3 Å². The molecule has 0 aliphatic carbocycles. The molecule has 0 bridgehead atoms. The number of aryl methyl sites for hydroxylation is 1. The summed E-state index contributed by atoms with van der Waals surface area (Å²) in [5.74, 6) is 0. The first-order valence-electron chi connectivity index (χ1n) is 6.05. The average molecular weight is 262 g/mol. The Hall–Kier alpha value is -1.23. The smallest absolute Gasteiger partial charge is 0.110 e. The van der Waals surface area contributed by atoms with E-state index in [4.69, 9.17) is 0 Å². The predicted molar refractivity (Wildman–Crippen MR) is 74.7 cm³/mol. The second-order valence-corrected chi connectivity index (χ2v) is 5.27. The molecule has 1 aromatic heterocycles. The topological polar surface area (TPSA) is 45.1 Å². The molecule has 2 atom stereocenters. The lowest BCUT2D eigenvalue weighted by Crippen LogP contribution is -2.24. The molecule has 0 aliphatic heterocycles. The van der Waals surface area contributed by atoms with Crippen LogP contribution in [0.1, 0.15) is 35.3 Å². The van der Waals surface area contributed by atoms with Crippen molar-refractivity contribution >= 4 is 11.3 Å². The van der Waals surface area contributed by atoms with E-state index in [-0.39, 0.29) is 6.04 Å². The molecule has 0 spiro atoms. The maximum absolute atomic E-state index is 10.0. The lowest BCUT2D eigenvalue weighted by atomic mass is 10.1. The summed E-state index contributed by atoms with van der Waals surface area (Å²) in [6, 6.07) is 9.86. The van der Waals surface area contributed by atoms with Crippen LogP contribution in [0.25, 0.3) is 0 Å². The maximum atomic E-state index is 10.0. The molecule has 2 rings (SSSR count). The molecule has 2 aromatic rings. The molecule has 2 N–H and O–H groups in total. The van der Waals surface area contributed by atoms with Gasteiger partial charge >= 0.3 is 0 Å². The third kappa shape index (κ3) is 3.38. The zero-order valence-electron chi connectivity index (χ0n) is 10.6. The Balaban J connectivity index is 1.88. The third-order valence-electron chi connectivity index (χ3n) is 2.81. The molecule has 0 saturated carbocycles. The Morgan fingerprint density at radius 1 is 1.33 bits per heavy atom. The SMILES string of the molecule is Cc1csc(C(C)NCC(O)c2ccccc2)n1. The summed E-state index contributed by atoms with van der Waals surface area (Å²) in [6.07, 6.45) is -0.477. The van der Waals surface area contributed by atoms with E-state index in [1.807, 2.05) is 42.6 Å². The van der Waals surface area contributed by atoms with Crippen LogP contribution in [0.5, 0.6) is 0 Å². The van der Waals surface area contributed by atoms with Crippen molar-refractivity contribution in [3.05, 3.63) is 52.0 Å². The lowest BCUT2D eigenvalue weighted by Gasteiger charge is -2.15. The number of nitrogens with zero attached hydrogens (tertiary/aromatic N) is 1. The molecule has 1 heterocycles. The van der Waals surface area contributed by atoms with Crippen LogP contribution >= 0.6 is 11.3 Å². The number of rotatable bonds is 5. The number of aliphatic hydroxyl groups is 1. The van der Waals surface area contributed by atoms with E-state index in [0.717, 1.165) is 16.3 Å². The zero-order chi connectivity index (χ0) is 13.0.